The van der Waals surface area contributed by atoms with E-state index in [1.165, 1.54) is 0 Å². The van der Waals surface area contributed by atoms with Gasteiger partial charge < -0.3 is 23.2 Å². The van der Waals surface area contributed by atoms with Crippen LogP contribution in [-0.2, 0) is 19.6 Å². The van der Waals surface area contributed by atoms with Crippen molar-refractivity contribution < 1.29 is 23.4 Å². The van der Waals surface area contributed by atoms with E-state index in [1.807, 2.05) is 47.0 Å². The summed E-state index contributed by atoms with van der Waals surface area (Å²) in [5.41, 5.74) is 2.14. The zero-order valence-corrected chi connectivity index (χ0v) is 33.8. The number of ether oxygens (including phenoxy) is 3. The second-order valence-corrected chi connectivity index (χ2v) is 20.8. The first-order valence-electron chi connectivity index (χ1n) is 18.6. The lowest BCUT2D eigenvalue weighted by atomic mass is 9.80. The van der Waals surface area contributed by atoms with Crippen molar-refractivity contribution in [3.63, 3.8) is 0 Å². The number of amides is 1. The van der Waals surface area contributed by atoms with E-state index in [4.69, 9.17) is 18.6 Å². The molecule has 2 aromatic heterocycles. The van der Waals surface area contributed by atoms with Crippen LogP contribution in [0.2, 0.25) is 18.1 Å². The number of anilines is 1. The zero-order chi connectivity index (χ0) is 38.8. The number of benzene rings is 3. The summed E-state index contributed by atoms with van der Waals surface area (Å²) in [7, 11) is 1.08. The van der Waals surface area contributed by atoms with Crippen LogP contribution in [0, 0.1) is 11.8 Å². The Morgan fingerprint density at radius 3 is 2.02 bits per heavy atom. The average molecular weight is 752 g/mol. The van der Waals surface area contributed by atoms with Crippen LogP contribution >= 0.6 is 0 Å². The van der Waals surface area contributed by atoms with Crippen molar-refractivity contribution in [1.29, 1.82) is 0 Å². The van der Waals surface area contributed by atoms with Gasteiger partial charge in [0.15, 0.2) is 19.5 Å². The van der Waals surface area contributed by atoms with Crippen molar-refractivity contribution in [3.05, 3.63) is 112 Å². The molecule has 2 N–H and O–H groups in total. The standard InChI is InChI=1S/C42H53N5O6Si/c1-27(2)38(48)45-40-44-37-36(39(49)46-40)43-26-47(37)32-23-28(35(24-32)53-54(8,9)41(3,4)5)25-52-42(29-13-11-10-12-14-29,30-15-19-33(50-6)20-16-30)31-17-21-34(51-7)22-18-31/h10-22,26-28,32,35H,23-25H2,1-9H3,(H2,44,45,46,48,49)/t28-,32+,35-/m1/s1. The lowest BCUT2D eigenvalue weighted by Crippen LogP contribution is -2.45. The molecule has 1 aliphatic rings. The summed E-state index contributed by atoms with van der Waals surface area (Å²) < 4.78 is 27.7. The van der Waals surface area contributed by atoms with Gasteiger partial charge in [-0.05, 0) is 71.9 Å². The highest BCUT2D eigenvalue weighted by atomic mass is 28.4. The Bertz CT molecular complexity index is 2060. The fraction of sp³-hybridized carbons (Fsp3) is 0.429. The minimum Gasteiger partial charge on any atom is -0.497 e. The summed E-state index contributed by atoms with van der Waals surface area (Å²) in [5.74, 6) is 1.07. The maximum absolute atomic E-state index is 13.1. The van der Waals surface area contributed by atoms with Gasteiger partial charge in [-0.15, -0.1) is 0 Å². The number of aromatic nitrogens is 4. The van der Waals surface area contributed by atoms with Crippen LogP contribution < -0.4 is 20.3 Å². The number of rotatable bonds is 13. The fourth-order valence-electron chi connectivity index (χ4n) is 6.98. The van der Waals surface area contributed by atoms with Gasteiger partial charge in [-0.1, -0.05) is 89.2 Å². The van der Waals surface area contributed by atoms with Gasteiger partial charge in [0.1, 0.15) is 17.1 Å². The zero-order valence-electron chi connectivity index (χ0n) is 32.8. The molecule has 1 aliphatic carbocycles. The predicted molar refractivity (Wildman–Crippen MR) is 214 cm³/mol. The summed E-state index contributed by atoms with van der Waals surface area (Å²) in [6.45, 7) is 15.2. The average Bonchev–Trinajstić information content (AvgIpc) is 3.76. The minimum absolute atomic E-state index is 0.0173. The molecule has 0 aliphatic heterocycles. The van der Waals surface area contributed by atoms with Crippen LogP contribution in [0.5, 0.6) is 11.5 Å². The van der Waals surface area contributed by atoms with Crippen molar-refractivity contribution in [2.45, 2.75) is 83.3 Å². The lowest BCUT2D eigenvalue weighted by Gasteiger charge is -2.41. The van der Waals surface area contributed by atoms with Gasteiger partial charge in [-0.3, -0.25) is 19.9 Å². The van der Waals surface area contributed by atoms with Crippen LogP contribution in [0.1, 0.15) is 70.2 Å². The van der Waals surface area contributed by atoms with Crippen LogP contribution in [0.15, 0.2) is 90.0 Å². The number of hydrogen-bond donors (Lipinski definition) is 2. The third-order valence-electron chi connectivity index (χ3n) is 11.1. The molecule has 0 unspecified atom stereocenters. The second-order valence-electron chi connectivity index (χ2n) is 16.0. The number of methoxy groups -OCH3 is 2. The number of hydrogen-bond acceptors (Lipinski definition) is 8. The molecule has 0 radical (unpaired) electrons. The van der Waals surface area contributed by atoms with Gasteiger partial charge >= 0.3 is 0 Å². The first-order chi connectivity index (χ1) is 25.7. The SMILES string of the molecule is COc1ccc(C(OC[C@H]2C[C@H](n3cnc4c(=O)[nH]c(NC(=O)C(C)C)nc43)C[C@H]2O[Si](C)(C)C(C)(C)C)(c2ccccc2)c2ccc(OC)cc2)cc1. The van der Waals surface area contributed by atoms with E-state index in [1.54, 1.807) is 34.4 Å². The van der Waals surface area contributed by atoms with Gasteiger partial charge in [0.05, 0.1) is 33.3 Å². The number of H-pyrrole nitrogens is 1. The molecule has 0 spiro atoms. The molecule has 12 heteroatoms. The molecule has 6 rings (SSSR count). The molecule has 5 aromatic rings. The summed E-state index contributed by atoms with van der Waals surface area (Å²) in [5, 5.41) is 2.73. The molecule has 0 saturated heterocycles. The third-order valence-corrected chi connectivity index (χ3v) is 15.6. The Morgan fingerprint density at radius 1 is 0.907 bits per heavy atom. The van der Waals surface area contributed by atoms with E-state index in [2.05, 4.69) is 90.5 Å². The van der Waals surface area contributed by atoms with Crippen LogP contribution in [0.25, 0.3) is 11.2 Å². The first kappa shape index (κ1) is 38.9. The Hall–Kier alpha value is -4.78. The quantitative estimate of drug-likeness (QED) is 0.0913. The van der Waals surface area contributed by atoms with Gasteiger partial charge in [0.25, 0.3) is 5.56 Å². The number of fused-ring (bicyclic) bond motifs is 1. The first-order valence-corrected chi connectivity index (χ1v) is 21.5. The number of aromatic amines is 1. The van der Waals surface area contributed by atoms with Gasteiger partial charge in [0.2, 0.25) is 11.9 Å². The normalized spacial score (nSPS) is 17.9. The molecule has 3 atom stereocenters. The van der Waals surface area contributed by atoms with Crippen molar-refractivity contribution in [2.24, 2.45) is 11.8 Å². The summed E-state index contributed by atoms with van der Waals surface area (Å²) in [6, 6.07) is 26.3. The molecule has 1 amide bonds. The topological polar surface area (TPSA) is 130 Å². The molecule has 3 aromatic carbocycles. The van der Waals surface area contributed by atoms with E-state index in [0.717, 1.165) is 28.2 Å². The smallest absolute Gasteiger partial charge is 0.280 e. The highest BCUT2D eigenvalue weighted by molar-refractivity contribution is 6.74. The van der Waals surface area contributed by atoms with Gasteiger partial charge in [0, 0.05) is 17.9 Å². The number of nitrogens with zero attached hydrogens (tertiary/aromatic N) is 3. The molecule has 2 heterocycles. The van der Waals surface area contributed by atoms with Crippen molar-refractivity contribution in [2.75, 3.05) is 26.1 Å². The third kappa shape index (κ3) is 7.73. The molecule has 1 saturated carbocycles. The monoisotopic (exact) mass is 751 g/mol. The number of nitrogens with one attached hydrogen (secondary N) is 2. The van der Waals surface area contributed by atoms with E-state index in [9.17, 15) is 9.59 Å². The van der Waals surface area contributed by atoms with Crippen molar-refractivity contribution >= 4 is 31.3 Å². The number of imidazole rings is 1. The maximum atomic E-state index is 13.1. The Kier molecular flexibility index (Phi) is 11.2. The lowest BCUT2D eigenvalue weighted by molar-refractivity contribution is -0.118. The molecule has 11 nitrogen and oxygen atoms in total. The van der Waals surface area contributed by atoms with Crippen LogP contribution in [0.4, 0.5) is 5.95 Å². The number of carbonyl (C=O) groups is 1. The van der Waals surface area contributed by atoms with Crippen LogP contribution in [0.3, 0.4) is 0 Å². The van der Waals surface area contributed by atoms with Crippen molar-refractivity contribution in [3.8, 4) is 11.5 Å². The Balaban J connectivity index is 1.42. The van der Waals surface area contributed by atoms with Gasteiger partial charge in [-0.2, -0.15) is 4.98 Å². The molecule has 286 valence electrons. The molecule has 1 fully saturated rings. The maximum Gasteiger partial charge on any atom is 0.280 e. The minimum atomic E-state index is -2.24. The molecular formula is C42H53N5O6Si. The van der Waals surface area contributed by atoms with Crippen molar-refractivity contribution in [1.82, 2.24) is 19.5 Å². The highest BCUT2D eigenvalue weighted by Gasteiger charge is 2.46. The summed E-state index contributed by atoms with van der Waals surface area (Å²) >= 11 is 0. The summed E-state index contributed by atoms with van der Waals surface area (Å²) in [6.07, 6.45) is 2.91. The van der Waals surface area contributed by atoms with Crippen LogP contribution in [-0.4, -0.2) is 60.7 Å². The van der Waals surface area contributed by atoms with E-state index < -0.39 is 19.5 Å². The highest BCUT2D eigenvalue weighted by Crippen LogP contribution is 2.47. The molecular weight excluding hydrogens is 699 g/mol. The molecule has 54 heavy (non-hydrogen) atoms. The Morgan fingerprint density at radius 2 is 1.48 bits per heavy atom. The Labute approximate surface area is 318 Å². The predicted octanol–water partition coefficient (Wildman–Crippen LogP) is 8.08. The van der Waals surface area contributed by atoms with E-state index in [0.29, 0.717) is 25.1 Å². The molecule has 0 bridgehead atoms. The summed E-state index contributed by atoms with van der Waals surface area (Å²) in [4.78, 5) is 37.5. The van der Waals surface area contributed by atoms with Gasteiger partial charge in [-0.25, -0.2) is 4.98 Å². The van der Waals surface area contributed by atoms with E-state index in [-0.39, 0.29) is 46.4 Å². The van der Waals surface area contributed by atoms with E-state index >= 15 is 0 Å². The second kappa shape index (κ2) is 15.5. The largest absolute Gasteiger partial charge is 0.497 e. The number of carbonyl (C=O) groups excluding carboxylic acids is 1. The fourth-order valence-corrected chi connectivity index (χ4v) is 8.38.